The third-order valence-electron chi connectivity index (χ3n) is 5.11. The van der Waals surface area contributed by atoms with Gasteiger partial charge in [-0.1, -0.05) is 36.4 Å². The van der Waals surface area contributed by atoms with Crippen molar-refractivity contribution in [3.05, 3.63) is 64.7 Å². The van der Waals surface area contributed by atoms with E-state index in [4.69, 9.17) is 21.1 Å². The van der Waals surface area contributed by atoms with Gasteiger partial charge in [-0.05, 0) is 37.1 Å². The number of benzene rings is 2. The second-order valence-corrected chi connectivity index (χ2v) is 7.39. The van der Waals surface area contributed by atoms with Gasteiger partial charge in [-0.3, -0.25) is 14.5 Å². The van der Waals surface area contributed by atoms with E-state index in [0.29, 0.717) is 54.0 Å². The normalized spacial score (nSPS) is 15.9. The van der Waals surface area contributed by atoms with E-state index < -0.39 is 6.04 Å². The lowest BCUT2D eigenvalue weighted by Crippen LogP contribution is -2.45. The average molecular weight is 413 g/mol. The first-order valence-electron chi connectivity index (χ1n) is 9.45. The Hall–Kier alpha value is -2.99. The molecule has 2 aromatic carbocycles. The highest BCUT2D eigenvalue weighted by Crippen LogP contribution is 2.38. The second kappa shape index (κ2) is 7.79. The van der Waals surface area contributed by atoms with Crippen molar-refractivity contribution in [2.45, 2.75) is 19.4 Å². The third-order valence-corrected chi connectivity index (χ3v) is 5.39. The Morgan fingerprint density at radius 3 is 2.72 bits per heavy atom. The molecule has 2 aliphatic rings. The van der Waals surface area contributed by atoms with E-state index in [1.54, 1.807) is 19.1 Å². The molecular formula is C22H21ClN2O4. The Morgan fingerprint density at radius 2 is 1.97 bits per heavy atom. The average Bonchev–Trinajstić information content (AvgIpc) is 2.98. The summed E-state index contributed by atoms with van der Waals surface area (Å²) in [4.78, 5) is 26.8. The van der Waals surface area contributed by atoms with Gasteiger partial charge in [0.25, 0.3) is 5.91 Å². The third kappa shape index (κ3) is 3.56. The summed E-state index contributed by atoms with van der Waals surface area (Å²) in [7, 11) is 0. The van der Waals surface area contributed by atoms with Crippen molar-refractivity contribution in [1.29, 1.82) is 0 Å². The summed E-state index contributed by atoms with van der Waals surface area (Å²) >= 11 is 6.26. The van der Waals surface area contributed by atoms with Crippen molar-refractivity contribution in [3.63, 3.8) is 0 Å². The standard InChI is InChI=1S/C22H21ClN2O4/c1-13-16-5-3-4-6-17(16)22(27)25(13)14(2)21(26)24-8-7-15-11-18(23)20-19(12-15)28-9-10-29-20/h3-6,11-12,14H,1,7-10H2,2H3,(H,24,26). The van der Waals surface area contributed by atoms with Crippen LogP contribution in [0, 0.1) is 0 Å². The maximum Gasteiger partial charge on any atom is 0.259 e. The maximum absolute atomic E-state index is 12.7. The minimum atomic E-state index is -0.661. The minimum Gasteiger partial charge on any atom is -0.486 e. The molecule has 0 radical (unpaired) electrons. The zero-order valence-electron chi connectivity index (χ0n) is 16.0. The van der Waals surface area contributed by atoms with Crippen molar-refractivity contribution < 1.29 is 19.1 Å². The topological polar surface area (TPSA) is 67.9 Å². The molecule has 1 atom stereocenters. The van der Waals surface area contributed by atoms with Crippen LogP contribution in [0.5, 0.6) is 11.5 Å². The number of rotatable bonds is 5. The van der Waals surface area contributed by atoms with Crippen LogP contribution in [-0.4, -0.2) is 42.5 Å². The highest BCUT2D eigenvalue weighted by atomic mass is 35.5. The molecule has 7 heteroatoms. The summed E-state index contributed by atoms with van der Waals surface area (Å²) in [6.07, 6.45) is 0.573. The number of halogens is 1. The summed E-state index contributed by atoms with van der Waals surface area (Å²) in [6, 6.07) is 10.3. The van der Waals surface area contributed by atoms with E-state index in [1.165, 1.54) is 4.90 Å². The van der Waals surface area contributed by atoms with Crippen LogP contribution in [0.4, 0.5) is 0 Å². The van der Waals surface area contributed by atoms with Gasteiger partial charge in [-0.15, -0.1) is 0 Å². The van der Waals surface area contributed by atoms with Crippen molar-refractivity contribution >= 4 is 29.1 Å². The van der Waals surface area contributed by atoms with Crippen molar-refractivity contribution in [2.75, 3.05) is 19.8 Å². The van der Waals surface area contributed by atoms with Crippen LogP contribution >= 0.6 is 11.6 Å². The van der Waals surface area contributed by atoms with Crippen LogP contribution in [0.3, 0.4) is 0 Å². The zero-order chi connectivity index (χ0) is 20.5. The summed E-state index contributed by atoms with van der Waals surface area (Å²) in [5, 5.41) is 3.38. The SMILES string of the molecule is C=C1c2ccccc2C(=O)N1C(C)C(=O)NCCc1cc(Cl)c2c(c1)OCCO2. The van der Waals surface area contributed by atoms with Crippen LogP contribution in [0.1, 0.15) is 28.4 Å². The van der Waals surface area contributed by atoms with E-state index in [9.17, 15) is 9.59 Å². The highest BCUT2D eigenvalue weighted by molar-refractivity contribution is 6.32. The molecule has 29 heavy (non-hydrogen) atoms. The fourth-order valence-corrected chi connectivity index (χ4v) is 3.90. The number of nitrogens with zero attached hydrogens (tertiary/aromatic N) is 1. The number of ether oxygens (including phenoxy) is 2. The molecule has 2 heterocycles. The molecule has 2 aliphatic heterocycles. The molecule has 4 rings (SSSR count). The van der Waals surface area contributed by atoms with Crippen LogP contribution in [0.2, 0.25) is 5.02 Å². The summed E-state index contributed by atoms with van der Waals surface area (Å²) in [6.45, 7) is 7.06. The van der Waals surface area contributed by atoms with Gasteiger partial charge in [0, 0.05) is 23.4 Å². The lowest BCUT2D eigenvalue weighted by atomic mass is 10.1. The van der Waals surface area contributed by atoms with Crippen LogP contribution in [0.25, 0.3) is 5.70 Å². The lowest BCUT2D eigenvalue weighted by Gasteiger charge is -2.24. The Morgan fingerprint density at radius 1 is 1.24 bits per heavy atom. The van der Waals surface area contributed by atoms with Crippen molar-refractivity contribution in [3.8, 4) is 11.5 Å². The number of nitrogens with one attached hydrogen (secondary N) is 1. The van der Waals surface area contributed by atoms with Gasteiger partial charge < -0.3 is 14.8 Å². The molecule has 2 amide bonds. The van der Waals surface area contributed by atoms with Crippen LogP contribution in [-0.2, 0) is 11.2 Å². The Labute approximate surface area is 174 Å². The van der Waals surface area contributed by atoms with Crippen LogP contribution in [0.15, 0.2) is 43.0 Å². The number of amides is 2. The van der Waals surface area contributed by atoms with Gasteiger partial charge in [0.2, 0.25) is 5.91 Å². The predicted octanol–water partition coefficient (Wildman–Crippen LogP) is 3.29. The molecule has 0 bridgehead atoms. The fraction of sp³-hybridized carbons (Fsp3) is 0.273. The van der Waals surface area contributed by atoms with Crippen LogP contribution < -0.4 is 14.8 Å². The summed E-state index contributed by atoms with van der Waals surface area (Å²) < 4.78 is 11.1. The molecule has 2 aromatic rings. The molecule has 0 aliphatic carbocycles. The first-order chi connectivity index (χ1) is 14.0. The highest BCUT2D eigenvalue weighted by Gasteiger charge is 2.36. The second-order valence-electron chi connectivity index (χ2n) is 6.99. The van der Waals surface area contributed by atoms with E-state index in [2.05, 4.69) is 11.9 Å². The largest absolute Gasteiger partial charge is 0.486 e. The molecule has 0 saturated carbocycles. The first kappa shape index (κ1) is 19.3. The fourth-order valence-electron chi connectivity index (χ4n) is 3.62. The quantitative estimate of drug-likeness (QED) is 0.818. The minimum absolute atomic E-state index is 0.202. The lowest BCUT2D eigenvalue weighted by molar-refractivity contribution is -0.124. The Balaban J connectivity index is 1.38. The number of carbonyl (C=O) groups excluding carboxylic acids is 2. The predicted molar refractivity (Wildman–Crippen MR) is 110 cm³/mol. The molecule has 6 nitrogen and oxygen atoms in total. The monoisotopic (exact) mass is 412 g/mol. The smallest absolute Gasteiger partial charge is 0.259 e. The molecule has 0 spiro atoms. The molecule has 0 aromatic heterocycles. The number of carbonyl (C=O) groups is 2. The maximum atomic E-state index is 12.7. The molecule has 0 fully saturated rings. The van der Waals surface area contributed by atoms with E-state index in [-0.39, 0.29) is 11.8 Å². The Bertz CT molecular complexity index is 969. The van der Waals surface area contributed by atoms with Gasteiger partial charge in [0.05, 0.1) is 5.02 Å². The molecule has 1 unspecified atom stereocenters. The van der Waals surface area contributed by atoms with Gasteiger partial charge in [0.1, 0.15) is 19.3 Å². The summed E-state index contributed by atoms with van der Waals surface area (Å²) in [5.41, 5.74) is 2.82. The van der Waals surface area contributed by atoms with Crippen molar-refractivity contribution in [1.82, 2.24) is 10.2 Å². The van der Waals surface area contributed by atoms with E-state index in [1.807, 2.05) is 24.3 Å². The molecule has 150 valence electrons. The zero-order valence-corrected chi connectivity index (χ0v) is 16.8. The molecule has 1 N–H and O–H groups in total. The van der Waals surface area contributed by atoms with Gasteiger partial charge in [-0.2, -0.15) is 0 Å². The van der Waals surface area contributed by atoms with Crippen molar-refractivity contribution in [2.24, 2.45) is 0 Å². The van der Waals surface area contributed by atoms with E-state index >= 15 is 0 Å². The number of fused-ring (bicyclic) bond motifs is 2. The van der Waals surface area contributed by atoms with Gasteiger partial charge in [-0.25, -0.2) is 0 Å². The number of hydrogen-bond donors (Lipinski definition) is 1. The van der Waals surface area contributed by atoms with Gasteiger partial charge in [0.15, 0.2) is 11.5 Å². The number of hydrogen-bond acceptors (Lipinski definition) is 4. The molecule has 0 saturated heterocycles. The Kier molecular flexibility index (Phi) is 5.20. The van der Waals surface area contributed by atoms with Gasteiger partial charge >= 0.3 is 0 Å². The van der Waals surface area contributed by atoms with E-state index in [0.717, 1.165) is 11.1 Å². The summed E-state index contributed by atoms with van der Waals surface area (Å²) in [5.74, 6) is 0.739. The first-order valence-corrected chi connectivity index (χ1v) is 9.82. The molecular weight excluding hydrogens is 392 g/mol.